The Bertz CT molecular complexity index is 686. The van der Waals surface area contributed by atoms with Crippen molar-refractivity contribution in [3.8, 4) is 0 Å². The summed E-state index contributed by atoms with van der Waals surface area (Å²) < 4.78 is 39.9. The summed E-state index contributed by atoms with van der Waals surface area (Å²) in [6.07, 6.45) is 4.61. The number of nitrogens with zero attached hydrogens (tertiary/aromatic N) is 1. The Hall–Kier alpha value is -1.77. The molecule has 0 unspecified atom stereocenters. The maximum atomic E-state index is 13.3. The van der Waals surface area contributed by atoms with Crippen LogP contribution in [-0.4, -0.2) is 24.9 Å². The van der Waals surface area contributed by atoms with E-state index in [1.54, 1.807) is 12.4 Å². The van der Waals surface area contributed by atoms with Gasteiger partial charge in [-0.1, -0.05) is 0 Å². The number of halogens is 1. The molecule has 0 bridgehead atoms. The molecule has 1 aromatic carbocycles. The predicted octanol–water partition coefficient (Wildman–Crippen LogP) is 0.919. The van der Waals surface area contributed by atoms with Crippen molar-refractivity contribution in [2.45, 2.75) is 24.3 Å². The van der Waals surface area contributed by atoms with E-state index >= 15 is 0 Å². The Morgan fingerprint density at radius 2 is 2.19 bits per heavy atom. The number of aromatic amines is 1. The molecule has 0 spiro atoms. The number of aryl methyl sites for hydroxylation is 1. The minimum atomic E-state index is -3.65. The topological polar surface area (TPSA) is 101 Å². The highest BCUT2D eigenvalue weighted by Crippen LogP contribution is 2.14. The quantitative estimate of drug-likeness (QED) is 0.662. The number of sulfonamides is 1. The van der Waals surface area contributed by atoms with Gasteiger partial charge < -0.3 is 10.7 Å². The number of nitrogens with two attached hydrogens (primary N) is 1. The zero-order valence-electron chi connectivity index (χ0n) is 11.3. The average molecular weight is 312 g/mol. The molecule has 0 radical (unpaired) electrons. The molecule has 1 heterocycles. The summed E-state index contributed by atoms with van der Waals surface area (Å²) in [5, 5.41) is 0. The van der Waals surface area contributed by atoms with E-state index in [1.807, 2.05) is 0 Å². The summed E-state index contributed by atoms with van der Waals surface area (Å²) in [4.78, 5) is 7.01. The lowest BCUT2D eigenvalue weighted by molar-refractivity contribution is 0.576. The van der Waals surface area contributed by atoms with Gasteiger partial charge >= 0.3 is 0 Å². The van der Waals surface area contributed by atoms with E-state index in [4.69, 9.17) is 5.73 Å². The molecule has 2 aromatic rings. The Kier molecular flexibility index (Phi) is 5.05. The molecule has 0 atom stereocenters. The first-order valence-electron chi connectivity index (χ1n) is 6.49. The molecule has 0 saturated carbocycles. The molecular formula is C13H17FN4O2S. The molecule has 0 amide bonds. The number of nitrogens with one attached hydrogen (secondary N) is 2. The van der Waals surface area contributed by atoms with Crippen LogP contribution in [0.3, 0.4) is 0 Å². The normalized spacial score (nSPS) is 11.7. The van der Waals surface area contributed by atoms with Gasteiger partial charge in [-0.25, -0.2) is 22.5 Å². The highest BCUT2D eigenvalue weighted by molar-refractivity contribution is 7.89. The van der Waals surface area contributed by atoms with Crippen LogP contribution in [-0.2, 0) is 23.0 Å². The van der Waals surface area contributed by atoms with E-state index in [0.717, 1.165) is 11.9 Å². The van der Waals surface area contributed by atoms with Gasteiger partial charge in [0, 0.05) is 37.5 Å². The summed E-state index contributed by atoms with van der Waals surface area (Å²) >= 11 is 0. The van der Waals surface area contributed by atoms with E-state index in [1.165, 1.54) is 12.1 Å². The molecule has 0 aliphatic heterocycles. The van der Waals surface area contributed by atoms with Gasteiger partial charge in [0.25, 0.3) is 0 Å². The van der Waals surface area contributed by atoms with Crippen molar-refractivity contribution in [2.24, 2.45) is 5.73 Å². The SMILES string of the molecule is NCc1cc(S(=O)(=O)NCCCc2ncc[nH]2)ccc1F. The molecule has 114 valence electrons. The summed E-state index contributed by atoms with van der Waals surface area (Å²) in [7, 11) is -3.65. The first-order chi connectivity index (χ1) is 10.0. The Balaban J connectivity index is 1.95. The zero-order valence-corrected chi connectivity index (χ0v) is 12.2. The number of aromatic nitrogens is 2. The van der Waals surface area contributed by atoms with Crippen molar-refractivity contribution in [3.05, 3.63) is 47.8 Å². The van der Waals surface area contributed by atoms with Crippen molar-refractivity contribution >= 4 is 10.0 Å². The average Bonchev–Trinajstić information content (AvgIpc) is 2.97. The monoisotopic (exact) mass is 312 g/mol. The molecule has 0 aliphatic rings. The molecule has 1 aromatic heterocycles. The van der Waals surface area contributed by atoms with Crippen LogP contribution in [0.4, 0.5) is 4.39 Å². The number of rotatable bonds is 7. The second-order valence-corrected chi connectivity index (χ2v) is 6.26. The number of hydrogen-bond donors (Lipinski definition) is 3. The molecule has 0 aliphatic carbocycles. The van der Waals surface area contributed by atoms with Crippen molar-refractivity contribution in [1.29, 1.82) is 0 Å². The van der Waals surface area contributed by atoms with E-state index in [-0.39, 0.29) is 23.5 Å². The van der Waals surface area contributed by atoms with E-state index in [9.17, 15) is 12.8 Å². The van der Waals surface area contributed by atoms with Gasteiger partial charge in [-0.15, -0.1) is 0 Å². The molecule has 0 fully saturated rings. The fourth-order valence-electron chi connectivity index (χ4n) is 1.86. The summed E-state index contributed by atoms with van der Waals surface area (Å²) in [6.45, 7) is 0.228. The fraction of sp³-hybridized carbons (Fsp3) is 0.308. The predicted molar refractivity (Wildman–Crippen MR) is 76.4 cm³/mol. The molecule has 8 heteroatoms. The second-order valence-electron chi connectivity index (χ2n) is 4.49. The van der Waals surface area contributed by atoms with Crippen LogP contribution in [0.25, 0.3) is 0 Å². The standard InChI is InChI=1S/C13H17FN4O2S/c14-12-4-3-11(8-10(12)9-15)21(19,20)18-5-1-2-13-16-6-7-17-13/h3-4,6-8,18H,1-2,5,9,15H2,(H,16,17). The highest BCUT2D eigenvalue weighted by Gasteiger charge is 2.15. The van der Waals surface area contributed by atoms with Crippen molar-refractivity contribution in [1.82, 2.24) is 14.7 Å². The smallest absolute Gasteiger partial charge is 0.240 e. The third-order valence-electron chi connectivity index (χ3n) is 2.98. The van der Waals surface area contributed by atoms with Crippen molar-refractivity contribution in [2.75, 3.05) is 6.54 Å². The molecular weight excluding hydrogens is 295 g/mol. The Morgan fingerprint density at radius 3 is 2.86 bits per heavy atom. The van der Waals surface area contributed by atoms with Crippen molar-refractivity contribution < 1.29 is 12.8 Å². The van der Waals surface area contributed by atoms with E-state index < -0.39 is 15.8 Å². The van der Waals surface area contributed by atoms with Crippen LogP contribution in [0.15, 0.2) is 35.5 Å². The van der Waals surface area contributed by atoms with E-state index in [2.05, 4.69) is 14.7 Å². The highest BCUT2D eigenvalue weighted by atomic mass is 32.2. The van der Waals surface area contributed by atoms with Gasteiger partial charge in [-0.05, 0) is 24.6 Å². The first kappa shape index (κ1) is 15.6. The Labute approximate surface area is 122 Å². The zero-order chi connectivity index (χ0) is 15.3. The van der Waals surface area contributed by atoms with Crippen LogP contribution in [0, 0.1) is 5.82 Å². The number of H-pyrrole nitrogens is 1. The second kappa shape index (κ2) is 6.79. The fourth-order valence-corrected chi connectivity index (χ4v) is 2.98. The lowest BCUT2D eigenvalue weighted by Crippen LogP contribution is -2.25. The third kappa shape index (κ3) is 4.10. The lowest BCUT2D eigenvalue weighted by Gasteiger charge is -2.08. The maximum Gasteiger partial charge on any atom is 0.240 e. The summed E-state index contributed by atoms with van der Waals surface area (Å²) in [5.74, 6) is 0.302. The maximum absolute atomic E-state index is 13.3. The molecule has 6 nitrogen and oxygen atoms in total. The number of hydrogen-bond acceptors (Lipinski definition) is 4. The summed E-state index contributed by atoms with van der Waals surface area (Å²) in [5.41, 5.74) is 5.55. The molecule has 0 saturated heterocycles. The number of imidazole rings is 1. The van der Waals surface area contributed by atoms with Gasteiger partial charge in [0.05, 0.1) is 4.90 Å². The molecule has 2 rings (SSSR count). The number of benzene rings is 1. The largest absolute Gasteiger partial charge is 0.349 e. The minimum Gasteiger partial charge on any atom is -0.349 e. The van der Waals surface area contributed by atoms with Crippen LogP contribution >= 0.6 is 0 Å². The minimum absolute atomic E-state index is 0.0161. The van der Waals surface area contributed by atoms with Gasteiger partial charge in [0.2, 0.25) is 10.0 Å². The summed E-state index contributed by atoms with van der Waals surface area (Å²) in [6, 6.07) is 3.59. The van der Waals surface area contributed by atoms with Crippen LogP contribution in [0.2, 0.25) is 0 Å². The van der Waals surface area contributed by atoms with E-state index in [0.29, 0.717) is 12.8 Å². The Morgan fingerprint density at radius 1 is 1.38 bits per heavy atom. The van der Waals surface area contributed by atoms with Crippen LogP contribution < -0.4 is 10.5 Å². The van der Waals surface area contributed by atoms with Gasteiger partial charge in [0.15, 0.2) is 0 Å². The van der Waals surface area contributed by atoms with Crippen LogP contribution in [0.5, 0.6) is 0 Å². The van der Waals surface area contributed by atoms with Gasteiger partial charge in [-0.3, -0.25) is 0 Å². The first-order valence-corrected chi connectivity index (χ1v) is 7.97. The van der Waals surface area contributed by atoms with Gasteiger partial charge in [0.1, 0.15) is 11.6 Å². The van der Waals surface area contributed by atoms with Crippen molar-refractivity contribution in [3.63, 3.8) is 0 Å². The lowest BCUT2D eigenvalue weighted by atomic mass is 10.2. The molecule has 21 heavy (non-hydrogen) atoms. The third-order valence-corrected chi connectivity index (χ3v) is 4.44. The van der Waals surface area contributed by atoms with Gasteiger partial charge in [-0.2, -0.15) is 0 Å². The molecule has 4 N–H and O–H groups in total. The van der Waals surface area contributed by atoms with Crippen LogP contribution in [0.1, 0.15) is 17.8 Å².